The van der Waals surface area contributed by atoms with Gasteiger partial charge in [-0.05, 0) is 0 Å². The Balaban J connectivity index is 0. The van der Waals surface area contributed by atoms with Crippen molar-refractivity contribution in [3.63, 3.8) is 0 Å². The van der Waals surface area contributed by atoms with Gasteiger partial charge in [0.05, 0.1) is 0 Å². The molecule has 0 aliphatic heterocycles. The third-order valence-corrected chi connectivity index (χ3v) is 0. The summed E-state index contributed by atoms with van der Waals surface area (Å²) in [5, 5.41) is 0. The molecule has 0 aliphatic carbocycles. The molecule has 0 heterocycles. The highest BCUT2D eigenvalue weighted by Crippen LogP contribution is 2.12. The van der Waals surface area contributed by atoms with E-state index in [2.05, 4.69) is 43.4 Å². The van der Waals surface area contributed by atoms with Gasteiger partial charge >= 0.3 is 23.1 Å². The predicted molar refractivity (Wildman–Crippen MR) is 42.3 cm³/mol. The Kier molecular flexibility index (Phi) is 6.10. The minimum absolute atomic E-state index is 0. The highest BCUT2D eigenvalue weighted by Gasteiger charge is 1.98. The SMILES string of the molecule is CC(C)(C)I.[MgH2]. The van der Waals surface area contributed by atoms with E-state index in [1.165, 1.54) is 0 Å². The Bertz CT molecular complexity index is 23.0. The lowest BCUT2D eigenvalue weighted by Gasteiger charge is -2.02. The van der Waals surface area contributed by atoms with Crippen molar-refractivity contribution >= 4 is 45.6 Å². The van der Waals surface area contributed by atoms with Crippen LogP contribution in [0.15, 0.2) is 0 Å². The molecule has 0 saturated carbocycles. The van der Waals surface area contributed by atoms with Crippen molar-refractivity contribution in [1.82, 2.24) is 0 Å². The van der Waals surface area contributed by atoms with Crippen LogP contribution in [0, 0.1) is 0 Å². The van der Waals surface area contributed by atoms with Crippen LogP contribution >= 0.6 is 22.6 Å². The third-order valence-electron chi connectivity index (χ3n) is 0. The van der Waals surface area contributed by atoms with E-state index < -0.39 is 0 Å². The fourth-order valence-corrected chi connectivity index (χ4v) is 0. The fourth-order valence-electron chi connectivity index (χ4n) is 0. The van der Waals surface area contributed by atoms with Crippen LogP contribution in [0.3, 0.4) is 0 Å². The molecule has 0 nitrogen and oxygen atoms in total. The molecule has 36 valence electrons. The Morgan fingerprint density at radius 2 is 1.17 bits per heavy atom. The van der Waals surface area contributed by atoms with E-state index in [0.717, 1.165) is 0 Å². The van der Waals surface area contributed by atoms with E-state index in [1.807, 2.05) is 0 Å². The molecule has 0 spiro atoms. The quantitative estimate of drug-likeness (QED) is 0.321. The van der Waals surface area contributed by atoms with Crippen LogP contribution in [0.2, 0.25) is 0 Å². The maximum absolute atomic E-state index is 2.38. The first kappa shape index (κ1) is 10.5. The normalized spacial score (nSPS) is 10.0. The molecule has 0 saturated heterocycles. The number of alkyl halides is 1. The largest absolute Gasteiger partial charge is 0.316 e. The summed E-state index contributed by atoms with van der Waals surface area (Å²) in [6.07, 6.45) is 0. The molecule has 0 N–H and O–H groups in total. The molecule has 0 unspecified atom stereocenters. The molecule has 0 aromatic rings. The van der Waals surface area contributed by atoms with Gasteiger partial charge in [0.15, 0.2) is 0 Å². The average molecular weight is 210 g/mol. The molecule has 0 amide bonds. The second-order valence-electron chi connectivity index (χ2n) is 2.07. The van der Waals surface area contributed by atoms with E-state index >= 15 is 0 Å². The zero-order chi connectivity index (χ0) is 4.50. The summed E-state index contributed by atoms with van der Waals surface area (Å²) < 4.78 is 0.470. The molecule has 0 atom stereocenters. The molecular formula is C4H11IMg. The first-order valence-corrected chi connectivity index (χ1v) is 2.77. The van der Waals surface area contributed by atoms with Gasteiger partial charge < -0.3 is 0 Å². The van der Waals surface area contributed by atoms with Crippen molar-refractivity contribution in [2.24, 2.45) is 0 Å². The Labute approximate surface area is 69.4 Å². The predicted octanol–water partition coefficient (Wildman–Crippen LogP) is 1.30. The maximum atomic E-state index is 2.38. The minimum Gasteiger partial charge on any atom is -0.0798 e. The van der Waals surface area contributed by atoms with Crippen LogP contribution in [0.1, 0.15) is 20.8 Å². The summed E-state index contributed by atoms with van der Waals surface area (Å²) in [4.78, 5) is 0. The van der Waals surface area contributed by atoms with Gasteiger partial charge in [0.25, 0.3) is 0 Å². The Morgan fingerprint density at radius 3 is 1.17 bits per heavy atom. The minimum atomic E-state index is 0. The van der Waals surface area contributed by atoms with Crippen LogP contribution in [-0.4, -0.2) is 26.5 Å². The van der Waals surface area contributed by atoms with Gasteiger partial charge in [-0.1, -0.05) is 43.4 Å². The zero-order valence-corrected chi connectivity index (χ0v) is 6.04. The van der Waals surface area contributed by atoms with Crippen molar-refractivity contribution in [1.29, 1.82) is 0 Å². The highest BCUT2D eigenvalue weighted by molar-refractivity contribution is 14.1. The van der Waals surface area contributed by atoms with Gasteiger partial charge in [0.2, 0.25) is 0 Å². The molecule has 0 aliphatic rings. The molecule has 0 fully saturated rings. The van der Waals surface area contributed by atoms with Crippen molar-refractivity contribution in [3.05, 3.63) is 0 Å². The number of halogens is 1. The smallest absolute Gasteiger partial charge is 0.0798 e. The van der Waals surface area contributed by atoms with Crippen LogP contribution < -0.4 is 0 Å². The fraction of sp³-hybridized carbons (Fsp3) is 1.00. The molecule has 0 aromatic heterocycles. The van der Waals surface area contributed by atoms with E-state index in [-0.39, 0.29) is 23.1 Å². The molecule has 0 radical (unpaired) electrons. The highest BCUT2D eigenvalue weighted by atomic mass is 127. The number of hydrogen-bond donors (Lipinski definition) is 0. The summed E-state index contributed by atoms with van der Waals surface area (Å²) in [7, 11) is 0. The Morgan fingerprint density at radius 1 is 1.17 bits per heavy atom. The average Bonchev–Trinajstić information content (AvgIpc) is 0.722. The zero-order valence-electron chi connectivity index (χ0n) is 3.88. The summed E-state index contributed by atoms with van der Waals surface area (Å²) >= 11 is 2.38. The second kappa shape index (κ2) is 3.49. The van der Waals surface area contributed by atoms with E-state index in [4.69, 9.17) is 0 Å². The lowest BCUT2D eigenvalue weighted by Crippen LogP contribution is -1.97. The van der Waals surface area contributed by atoms with Gasteiger partial charge in [0.1, 0.15) is 0 Å². The summed E-state index contributed by atoms with van der Waals surface area (Å²) in [5.41, 5.74) is 0. The topological polar surface area (TPSA) is 0 Å². The summed E-state index contributed by atoms with van der Waals surface area (Å²) in [6, 6.07) is 0. The molecule has 0 bridgehead atoms. The first-order chi connectivity index (χ1) is 2.00. The molecule has 0 aromatic carbocycles. The lowest BCUT2D eigenvalue weighted by atomic mass is 10.3. The van der Waals surface area contributed by atoms with E-state index in [0.29, 0.717) is 3.42 Å². The van der Waals surface area contributed by atoms with Gasteiger partial charge in [-0.15, -0.1) is 0 Å². The van der Waals surface area contributed by atoms with Crippen molar-refractivity contribution < 1.29 is 0 Å². The van der Waals surface area contributed by atoms with E-state index in [9.17, 15) is 0 Å². The number of hydrogen-bond acceptors (Lipinski definition) is 0. The van der Waals surface area contributed by atoms with Gasteiger partial charge in [-0.25, -0.2) is 0 Å². The maximum Gasteiger partial charge on any atom is 0.316 e. The Hall–Kier alpha value is 1.50. The van der Waals surface area contributed by atoms with Gasteiger partial charge in [-0.2, -0.15) is 0 Å². The summed E-state index contributed by atoms with van der Waals surface area (Å²) in [6.45, 7) is 6.52. The van der Waals surface area contributed by atoms with E-state index in [1.54, 1.807) is 0 Å². The third kappa shape index (κ3) is 49.6. The molecule has 2 heteroatoms. The van der Waals surface area contributed by atoms with Crippen LogP contribution in [0.4, 0.5) is 0 Å². The van der Waals surface area contributed by atoms with Gasteiger partial charge in [-0.3, -0.25) is 0 Å². The molecule has 0 rings (SSSR count). The summed E-state index contributed by atoms with van der Waals surface area (Å²) in [5.74, 6) is 0. The standard InChI is InChI=1S/C4H9I.Mg.2H/c1-4(2,3)5;;;/h1-3H3;;;. The number of rotatable bonds is 0. The molecule has 6 heavy (non-hydrogen) atoms. The van der Waals surface area contributed by atoms with Gasteiger partial charge in [0, 0.05) is 3.42 Å². The lowest BCUT2D eigenvalue weighted by molar-refractivity contribution is 0.847. The van der Waals surface area contributed by atoms with Crippen LogP contribution in [-0.2, 0) is 0 Å². The second-order valence-corrected chi connectivity index (χ2v) is 5.30. The van der Waals surface area contributed by atoms with Crippen molar-refractivity contribution in [2.75, 3.05) is 0 Å². The van der Waals surface area contributed by atoms with Crippen molar-refractivity contribution in [3.8, 4) is 0 Å². The van der Waals surface area contributed by atoms with Crippen molar-refractivity contribution in [2.45, 2.75) is 24.2 Å². The van der Waals surface area contributed by atoms with Crippen LogP contribution in [0.5, 0.6) is 0 Å². The van der Waals surface area contributed by atoms with Crippen LogP contribution in [0.25, 0.3) is 0 Å². The molecular weight excluding hydrogens is 199 g/mol. The monoisotopic (exact) mass is 210 g/mol. The first-order valence-electron chi connectivity index (χ1n) is 1.69.